The molecule has 1 saturated heterocycles. The van der Waals surface area contributed by atoms with Gasteiger partial charge in [-0.15, -0.1) is 0 Å². The topological polar surface area (TPSA) is 77.3 Å². The largest absolute Gasteiger partial charge is 0.489 e. The predicted octanol–water partition coefficient (Wildman–Crippen LogP) is 1.37. The van der Waals surface area contributed by atoms with Gasteiger partial charge in [-0.2, -0.15) is 0 Å². The minimum atomic E-state index is -0.517. The van der Waals surface area contributed by atoms with Gasteiger partial charge >= 0.3 is 5.82 Å². The summed E-state index contributed by atoms with van der Waals surface area (Å²) in [7, 11) is 0. The third kappa shape index (κ3) is 3.39. The average Bonchev–Trinajstić information content (AvgIpc) is 2.38. The standard InChI is InChI=1S/C11H15N3O3/c15-14(16)11-2-1-10(7-13-11)17-8-9-3-5-12-6-4-9/h1-2,7,9,12H,3-6,8H2. The van der Waals surface area contributed by atoms with Crippen molar-refractivity contribution in [2.75, 3.05) is 19.7 Å². The van der Waals surface area contributed by atoms with Crippen LogP contribution in [0, 0.1) is 16.0 Å². The second-order valence-corrected chi connectivity index (χ2v) is 4.11. The maximum Gasteiger partial charge on any atom is 0.363 e. The smallest absolute Gasteiger partial charge is 0.363 e. The highest BCUT2D eigenvalue weighted by molar-refractivity contribution is 5.26. The maximum atomic E-state index is 10.4. The van der Waals surface area contributed by atoms with Crippen LogP contribution in [0.25, 0.3) is 0 Å². The number of ether oxygens (including phenoxy) is 1. The van der Waals surface area contributed by atoms with E-state index in [0.29, 0.717) is 18.3 Å². The molecular weight excluding hydrogens is 222 g/mol. The zero-order valence-electron chi connectivity index (χ0n) is 9.46. The maximum absolute atomic E-state index is 10.4. The number of aromatic nitrogens is 1. The first-order valence-corrected chi connectivity index (χ1v) is 5.69. The third-order valence-electron chi connectivity index (χ3n) is 2.85. The highest BCUT2D eigenvalue weighted by Gasteiger charge is 2.14. The van der Waals surface area contributed by atoms with E-state index >= 15 is 0 Å². The van der Waals surface area contributed by atoms with Crippen LogP contribution in [-0.4, -0.2) is 29.6 Å². The molecule has 1 aliphatic rings. The number of nitro groups is 1. The predicted molar refractivity (Wildman–Crippen MR) is 62.0 cm³/mol. The Bertz CT molecular complexity index is 374. The summed E-state index contributed by atoms with van der Waals surface area (Å²) >= 11 is 0. The van der Waals surface area contributed by atoms with Crippen LogP contribution >= 0.6 is 0 Å². The lowest BCUT2D eigenvalue weighted by atomic mass is 9.99. The van der Waals surface area contributed by atoms with Crippen molar-refractivity contribution in [2.45, 2.75) is 12.8 Å². The lowest BCUT2D eigenvalue weighted by molar-refractivity contribution is -0.389. The van der Waals surface area contributed by atoms with E-state index in [1.807, 2.05) is 0 Å². The molecule has 0 aromatic carbocycles. The van der Waals surface area contributed by atoms with Crippen LogP contribution in [0.3, 0.4) is 0 Å². The summed E-state index contributed by atoms with van der Waals surface area (Å²) in [6, 6.07) is 2.95. The second kappa shape index (κ2) is 5.58. The van der Waals surface area contributed by atoms with E-state index in [4.69, 9.17) is 4.74 Å². The molecule has 0 saturated carbocycles. The molecule has 2 rings (SSSR count). The summed E-state index contributed by atoms with van der Waals surface area (Å²) in [4.78, 5) is 13.6. The summed E-state index contributed by atoms with van der Waals surface area (Å²) in [6.45, 7) is 2.72. The normalized spacial score (nSPS) is 16.7. The minimum Gasteiger partial charge on any atom is -0.489 e. The molecule has 0 bridgehead atoms. The molecule has 1 aromatic heterocycles. The molecule has 0 atom stereocenters. The molecule has 6 heteroatoms. The summed E-state index contributed by atoms with van der Waals surface area (Å²) in [5, 5.41) is 13.7. The van der Waals surface area contributed by atoms with E-state index < -0.39 is 4.92 Å². The third-order valence-corrected chi connectivity index (χ3v) is 2.85. The van der Waals surface area contributed by atoms with Crippen molar-refractivity contribution in [1.82, 2.24) is 10.3 Å². The molecule has 0 aliphatic carbocycles. The first-order valence-electron chi connectivity index (χ1n) is 5.69. The molecule has 0 spiro atoms. The van der Waals surface area contributed by atoms with E-state index in [9.17, 15) is 10.1 Å². The van der Waals surface area contributed by atoms with Crippen molar-refractivity contribution in [1.29, 1.82) is 0 Å². The number of nitrogens with one attached hydrogen (secondary N) is 1. The lowest BCUT2D eigenvalue weighted by Crippen LogP contribution is -2.30. The van der Waals surface area contributed by atoms with Crippen molar-refractivity contribution in [2.24, 2.45) is 5.92 Å². The summed E-state index contributed by atoms with van der Waals surface area (Å²) < 4.78 is 5.57. The molecule has 6 nitrogen and oxygen atoms in total. The van der Waals surface area contributed by atoms with Gasteiger partial charge in [-0.25, -0.2) is 0 Å². The van der Waals surface area contributed by atoms with Crippen LogP contribution < -0.4 is 10.1 Å². The molecule has 0 radical (unpaired) electrons. The average molecular weight is 237 g/mol. The van der Waals surface area contributed by atoms with Gasteiger partial charge in [-0.05, 0) is 47.8 Å². The van der Waals surface area contributed by atoms with Gasteiger partial charge in [0, 0.05) is 6.07 Å². The Morgan fingerprint density at radius 2 is 2.24 bits per heavy atom. The van der Waals surface area contributed by atoms with Crippen LogP contribution in [0.15, 0.2) is 18.3 Å². The number of pyridine rings is 1. The summed E-state index contributed by atoms with van der Waals surface area (Å²) in [5.74, 6) is 1.000. The molecule has 0 amide bonds. The quantitative estimate of drug-likeness (QED) is 0.632. The Morgan fingerprint density at radius 3 is 2.82 bits per heavy atom. The molecule has 1 N–H and O–H groups in total. The number of hydrogen-bond donors (Lipinski definition) is 1. The van der Waals surface area contributed by atoms with Crippen LogP contribution in [0.4, 0.5) is 5.82 Å². The van der Waals surface area contributed by atoms with Crippen molar-refractivity contribution < 1.29 is 9.66 Å². The zero-order chi connectivity index (χ0) is 12.1. The highest BCUT2D eigenvalue weighted by Crippen LogP contribution is 2.17. The van der Waals surface area contributed by atoms with E-state index in [2.05, 4.69) is 10.3 Å². The number of rotatable bonds is 4. The molecular formula is C11H15N3O3. The van der Waals surface area contributed by atoms with Gasteiger partial charge in [0.15, 0.2) is 11.9 Å². The van der Waals surface area contributed by atoms with Crippen molar-refractivity contribution in [3.63, 3.8) is 0 Å². The van der Waals surface area contributed by atoms with Crippen molar-refractivity contribution in [3.05, 3.63) is 28.4 Å². The van der Waals surface area contributed by atoms with Gasteiger partial charge in [-0.1, -0.05) is 0 Å². The zero-order valence-corrected chi connectivity index (χ0v) is 9.46. The van der Waals surface area contributed by atoms with E-state index in [1.54, 1.807) is 6.07 Å². The molecule has 17 heavy (non-hydrogen) atoms. The fourth-order valence-corrected chi connectivity index (χ4v) is 1.83. The lowest BCUT2D eigenvalue weighted by Gasteiger charge is -2.22. The summed E-state index contributed by atoms with van der Waals surface area (Å²) in [6.07, 6.45) is 3.63. The van der Waals surface area contributed by atoms with Gasteiger partial charge in [0.25, 0.3) is 0 Å². The SMILES string of the molecule is O=[N+]([O-])c1ccc(OCC2CCNCC2)cn1. The number of piperidine rings is 1. The second-order valence-electron chi connectivity index (χ2n) is 4.11. The Balaban J connectivity index is 1.84. The first-order chi connectivity index (χ1) is 8.25. The van der Waals surface area contributed by atoms with E-state index in [-0.39, 0.29) is 5.82 Å². The monoisotopic (exact) mass is 237 g/mol. The molecule has 2 heterocycles. The van der Waals surface area contributed by atoms with Gasteiger partial charge in [0.2, 0.25) is 0 Å². The Morgan fingerprint density at radius 1 is 1.47 bits per heavy atom. The van der Waals surface area contributed by atoms with Crippen molar-refractivity contribution >= 4 is 5.82 Å². The van der Waals surface area contributed by atoms with Crippen LogP contribution in [0.2, 0.25) is 0 Å². The van der Waals surface area contributed by atoms with Gasteiger partial charge in [0.1, 0.15) is 0 Å². The number of nitrogens with zero attached hydrogens (tertiary/aromatic N) is 2. The fraction of sp³-hybridized carbons (Fsp3) is 0.545. The molecule has 92 valence electrons. The van der Waals surface area contributed by atoms with Crippen LogP contribution in [0.1, 0.15) is 12.8 Å². The van der Waals surface area contributed by atoms with E-state index in [1.165, 1.54) is 12.3 Å². The Hall–Kier alpha value is -1.69. The Kier molecular flexibility index (Phi) is 3.87. The van der Waals surface area contributed by atoms with Gasteiger partial charge < -0.3 is 20.2 Å². The van der Waals surface area contributed by atoms with Crippen molar-refractivity contribution in [3.8, 4) is 5.75 Å². The molecule has 1 aliphatic heterocycles. The van der Waals surface area contributed by atoms with Crippen LogP contribution in [-0.2, 0) is 0 Å². The summed E-state index contributed by atoms with van der Waals surface area (Å²) in [5.41, 5.74) is 0. The fourth-order valence-electron chi connectivity index (χ4n) is 1.83. The first kappa shape index (κ1) is 11.8. The van der Waals surface area contributed by atoms with Gasteiger partial charge in [0.05, 0.1) is 6.61 Å². The molecule has 1 fully saturated rings. The van der Waals surface area contributed by atoms with E-state index in [0.717, 1.165) is 25.9 Å². The van der Waals surface area contributed by atoms with Crippen LogP contribution in [0.5, 0.6) is 5.75 Å². The number of hydrogen-bond acceptors (Lipinski definition) is 5. The van der Waals surface area contributed by atoms with Gasteiger partial charge in [-0.3, -0.25) is 0 Å². The highest BCUT2D eigenvalue weighted by atomic mass is 16.6. The Labute approximate surface area is 99.2 Å². The minimum absolute atomic E-state index is 0.154. The molecule has 0 unspecified atom stereocenters. The molecule has 1 aromatic rings.